The summed E-state index contributed by atoms with van der Waals surface area (Å²) in [5, 5.41) is 0. The van der Waals surface area contributed by atoms with E-state index in [0.29, 0.717) is 5.56 Å². The van der Waals surface area contributed by atoms with Crippen molar-refractivity contribution in [2.75, 3.05) is 5.88 Å². The minimum absolute atomic E-state index is 0.273. The van der Waals surface area contributed by atoms with Gasteiger partial charge in [0.05, 0.1) is 11.9 Å². The minimum atomic E-state index is -1.09. The number of hydrogen-bond acceptors (Lipinski definition) is 4. The molecule has 0 aliphatic rings. The Labute approximate surface area is 124 Å². The third-order valence-corrected chi connectivity index (χ3v) is 2.95. The average molecular weight is 298 g/mol. The molecule has 0 bridgehead atoms. The second-order valence-electron chi connectivity index (χ2n) is 5.55. The van der Waals surface area contributed by atoms with Crippen LogP contribution in [0.1, 0.15) is 32.4 Å². The van der Waals surface area contributed by atoms with Gasteiger partial charge in [-0.3, -0.25) is 9.59 Å². The molecule has 2 atom stereocenters. The van der Waals surface area contributed by atoms with Gasteiger partial charge in [-0.2, -0.15) is 0 Å². The van der Waals surface area contributed by atoms with Crippen molar-refractivity contribution in [2.24, 2.45) is 11.7 Å². The first-order valence-corrected chi connectivity index (χ1v) is 6.92. The Bertz CT molecular complexity index is 468. The summed E-state index contributed by atoms with van der Waals surface area (Å²) in [5.41, 5.74) is 6.07. The van der Waals surface area contributed by atoms with E-state index in [-0.39, 0.29) is 5.88 Å². The van der Waals surface area contributed by atoms with E-state index in [1.54, 1.807) is 45.0 Å². The van der Waals surface area contributed by atoms with Gasteiger partial charge in [-0.15, -0.1) is 11.6 Å². The van der Waals surface area contributed by atoms with Gasteiger partial charge in [0.1, 0.15) is 11.5 Å². The first-order chi connectivity index (χ1) is 9.26. The van der Waals surface area contributed by atoms with E-state index < -0.39 is 29.3 Å². The van der Waals surface area contributed by atoms with Gasteiger partial charge in [-0.05, 0) is 26.3 Å². The zero-order valence-corrected chi connectivity index (χ0v) is 12.7. The van der Waals surface area contributed by atoms with Gasteiger partial charge in [0.15, 0.2) is 5.78 Å². The lowest BCUT2D eigenvalue weighted by Gasteiger charge is -2.26. The quantitative estimate of drug-likeness (QED) is 0.515. The Balaban J connectivity index is 3.01. The summed E-state index contributed by atoms with van der Waals surface area (Å²) in [6.07, 6.45) is 0. The molecule has 0 radical (unpaired) electrons. The predicted octanol–water partition coefficient (Wildman–Crippen LogP) is 2.45. The number of benzene rings is 1. The molecule has 0 fully saturated rings. The van der Waals surface area contributed by atoms with Crippen molar-refractivity contribution in [3.05, 3.63) is 35.9 Å². The molecule has 0 aliphatic heterocycles. The number of halogens is 1. The van der Waals surface area contributed by atoms with Gasteiger partial charge in [0.2, 0.25) is 0 Å². The number of Topliss-reactive ketones (excluding diaryl/α,β-unsaturated/α-hetero) is 1. The number of ether oxygens (including phenoxy) is 1. The maximum absolute atomic E-state index is 12.2. The number of carbonyl (C=O) groups is 2. The SMILES string of the molecule is CC(C)(C)OC(=O)[C@H](C(=O)CCl)C(N)c1ccccc1. The van der Waals surface area contributed by atoms with Crippen molar-refractivity contribution in [1.82, 2.24) is 0 Å². The fourth-order valence-electron chi connectivity index (χ4n) is 1.79. The highest BCUT2D eigenvalue weighted by Crippen LogP contribution is 2.24. The first kappa shape index (κ1) is 16.7. The van der Waals surface area contributed by atoms with Crippen molar-refractivity contribution in [3.8, 4) is 0 Å². The lowest BCUT2D eigenvalue weighted by Crippen LogP contribution is -2.39. The number of rotatable bonds is 5. The minimum Gasteiger partial charge on any atom is -0.459 e. The molecule has 1 rings (SSSR count). The van der Waals surface area contributed by atoms with E-state index in [1.165, 1.54) is 0 Å². The van der Waals surface area contributed by atoms with E-state index in [9.17, 15) is 9.59 Å². The molecule has 0 heterocycles. The van der Waals surface area contributed by atoms with Gasteiger partial charge in [-0.1, -0.05) is 30.3 Å². The lowest BCUT2D eigenvalue weighted by atomic mass is 9.90. The fraction of sp³-hybridized carbons (Fsp3) is 0.467. The van der Waals surface area contributed by atoms with Crippen molar-refractivity contribution in [3.63, 3.8) is 0 Å². The van der Waals surface area contributed by atoms with Crippen LogP contribution in [-0.4, -0.2) is 23.2 Å². The summed E-state index contributed by atoms with van der Waals surface area (Å²) in [4.78, 5) is 24.1. The Kier molecular flexibility index (Phi) is 5.72. The monoisotopic (exact) mass is 297 g/mol. The zero-order chi connectivity index (χ0) is 15.3. The van der Waals surface area contributed by atoms with Crippen molar-refractivity contribution >= 4 is 23.4 Å². The lowest BCUT2D eigenvalue weighted by molar-refractivity contribution is -0.162. The van der Waals surface area contributed by atoms with Crippen LogP contribution in [-0.2, 0) is 14.3 Å². The van der Waals surface area contributed by atoms with Crippen LogP contribution in [0.25, 0.3) is 0 Å². The molecule has 1 aromatic carbocycles. The number of nitrogens with two attached hydrogens (primary N) is 1. The number of alkyl halides is 1. The zero-order valence-electron chi connectivity index (χ0n) is 11.9. The second-order valence-corrected chi connectivity index (χ2v) is 5.81. The van der Waals surface area contributed by atoms with Crippen LogP contribution in [0.3, 0.4) is 0 Å². The highest BCUT2D eigenvalue weighted by molar-refractivity contribution is 6.29. The molecule has 0 spiro atoms. The Morgan fingerprint density at radius 3 is 2.25 bits per heavy atom. The smallest absolute Gasteiger partial charge is 0.319 e. The van der Waals surface area contributed by atoms with E-state index in [4.69, 9.17) is 22.1 Å². The molecular weight excluding hydrogens is 278 g/mol. The van der Waals surface area contributed by atoms with Crippen LogP contribution in [0, 0.1) is 5.92 Å². The summed E-state index contributed by atoms with van der Waals surface area (Å²) >= 11 is 5.58. The summed E-state index contributed by atoms with van der Waals surface area (Å²) < 4.78 is 5.27. The van der Waals surface area contributed by atoms with Gasteiger partial charge < -0.3 is 10.5 Å². The predicted molar refractivity (Wildman–Crippen MR) is 78.4 cm³/mol. The second kappa shape index (κ2) is 6.86. The van der Waals surface area contributed by atoms with Crippen molar-refractivity contribution in [1.29, 1.82) is 0 Å². The third-order valence-electron chi connectivity index (χ3n) is 2.68. The van der Waals surface area contributed by atoms with Gasteiger partial charge in [0, 0.05) is 0 Å². The van der Waals surface area contributed by atoms with E-state index >= 15 is 0 Å². The number of ketones is 1. The summed E-state index contributed by atoms with van der Waals surface area (Å²) in [6.45, 7) is 5.21. The van der Waals surface area contributed by atoms with Gasteiger partial charge in [0.25, 0.3) is 0 Å². The summed E-state index contributed by atoms with van der Waals surface area (Å²) in [7, 11) is 0. The molecule has 20 heavy (non-hydrogen) atoms. The van der Waals surface area contributed by atoms with Crippen LogP contribution in [0.15, 0.2) is 30.3 Å². The van der Waals surface area contributed by atoms with Crippen LogP contribution in [0.4, 0.5) is 0 Å². The maximum Gasteiger partial charge on any atom is 0.319 e. The first-order valence-electron chi connectivity index (χ1n) is 6.38. The molecule has 0 aliphatic carbocycles. The number of carbonyl (C=O) groups excluding carboxylic acids is 2. The number of hydrogen-bond donors (Lipinski definition) is 1. The molecule has 1 aromatic rings. The molecular formula is C15H20ClNO3. The largest absolute Gasteiger partial charge is 0.459 e. The molecule has 5 heteroatoms. The fourth-order valence-corrected chi connectivity index (χ4v) is 1.96. The van der Waals surface area contributed by atoms with Crippen LogP contribution >= 0.6 is 11.6 Å². The molecule has 4 nitrogen and oxygen atoms in total. The standard InChI is InChI=1S/C15H20ClNO3/c1-15(2,3)20-14(19)12(11(18)9-16)13(17)10-7-5-4-6-8-10/h4-8,12-13H,9,17H2,1-3H3/t12-,13?/m1/s1. The van der Waals surface area contributed by atoms with Crippen molar-refractivity contribution < 1.29 is 14.3 Å². The highest BCUT2D eigenvalue weighted by Gasteiger charge is 2.36. The number of esters is 1. The van der Waals surface area contributed by atoms with Crippen molar-refractivity contribution in [2.45, 2.75) is 32.4 Å². The molecule has 0 aromatic heterocycles. The molecule has 0 amide bonds. The maximum atomic E-state index is 12.2. The molecule has 0 saturated carbocycles. The molecule has 0 saturated heterocycles. The molecule has 110 valence electrons. The van der Waals surface area contributed by atoms with E-state index in [1.807, 2.05) is 6.07 Å². The van der Waals surface area contributed by atoms with Crippen LogP contribution < -0.4 is 5.73 Å². The third kappa shape index (κ3) is 4.62. The Hall–Kier alpha value is -1.39. The summed E-state index contributed by atoms with van der Waals surface area (Å²) in [6, 6.07) is 8.20. The van der Waals surface area contributed by atoms with Gasteiger partial charge in [-0.25, -0.2) is 0 Å². The Morgan fingerprint density at radius 2 is 1.80 bits per heavy atom. The van der Waals surface area contributed by atoms with E-state index in [2.05, 4.69) is 0 Å². The van der Waals surface area contributed by atoms with Crippen LogP contribution in [0.2, 0.25) is 0 Å². The topological polar surface area (TPSA) is 69.4 Å². The Morgan fingerprint density at radius 1 is 1.25 bits per heavy atom. The summed E-state index contributed by atoms with van der Waals surface area (Å²) in [5.74, 6) is -2.43. The molecule has 2 N–H and O–H groups in total. The van der Waals surface area contributed by atoms with E-state index in [0.717, 1.165) is 0 Å². The van der Waals surface area contributed by atoms with Crippen LogP contribution in [0.5, 0.6) is 0 Å². The normalized spacial score (nSPS) is 14.4. The van der Waals surface area contributed by atoms with Gasteiger partial charge >= 0.3 is 5.97 Å². The highest BCUT2D eigenvalue weighted by atomic mass is 35.5. The molecule has 1 unspecified atom stereocenters. The average Bonchev–Trinajstić information content (AvgIpc) is 2.37.